The molecule has 39 heavy (non-hydrogen) atoms. The van der Waals surface area contributed by atoms with E-state index in [9.17, 15) is 9.59 Å². The van der Waals surface area contributed by atoms with Crippen LogP contribution in [-0.2, 0) is 11.2 Å². The largest absolute Gasteiger partial charge is 0.462 e. The van der Waals surface area contributed by atoms with E-state index in [1.54, 1.807) is 60.7 Å². The van der Waals surface area contributed by atoms with Gasteiger partial charge in [-0.3, -0.25) is 0 Å². The lowest BCUT2D eigenvalue weighted by atomic mass is 10.1. The molecule has 4 aromatic carbocycles. The molecule has 0 N–H and O–H groups in total. The Morgan fingerprint density at radius 3 is 1.62 bits per heavy atom. The molecule has 0 aromatic heterocycles. The topological polar surface area (TPSA) is 71.1 Å². The van der Waals surface area contributed by atoms with Gasteiger partial charge in [-0.05, 0) is 77.4 Å². The van der Waals surface area contributed by atoms with E-state index in [2.05, 4.69) is 13.2 Å². The number of carbonyl (C=O) groups is 2. The maximum absolute atomic E-state index is 12.4. The van der Waals surface area contributed by atoms with Crippen LogP contribution in [0.5, 0.6) is 17.2 Å². The van der Waals surface area contributed by atoms with Crippen molar-refractivity contribution in [3.05, 3.63) is 138 Å². The van der Waals surface area contributed by atoms with Crippen molar-refractivity contribution >= 4 is 24.1 Å². The quantitative estimate of drug-likeness (QED) is 0.114. The van der Waals surface area contributed by atoms with Crippen LogP contribution in [-0.4, -0.2) is 25.3 Å². The van der Waals surface area contributed by atoms with E-state index in [1.807, 2.05) is 48.5 Å². The van der Waals surface area contributed by atoms with Crippen molar-refractivity contribution in [3.63, 3.8) is 0 Å². The Hall–Kier alpha value is -5.10. The number of rotatable bonds is 12. The molecule has 0 heterocycles. The third kappa shape index (κ3) is 7.94. The normalized spacial score (nSPS) is 10.3. The molecule has 0 saturated carbocycles. The Balaban J connectivity index is 1.18. The summed E-state index contributed by atoms with van der Waals surface area (Å²) in [4.78, 5) is 24.7. The summed E-state index contributed by atoms with van der Waals surface area (Å²) in [7, 11) is 0. The van der Waals surface area contributed by atoms with Crippen LogP contribution in [0.15, 0.2) is 110 Å². The molecule has 0 aliphatic heterocycles. The van der Waals surface area contributed by atoms with Gasteiger partial charge in [0.1, 0.15) is 17.2 Å². The van der Waals surface area contributed by atoms with E-state index in [-0.39, 0.29) is 13.4 Å². The Labute approximate surface area is 227 Å². The van der Waals surface area contributed by atoms with Crippen LogP contribution in [0, 0.1) is 0 Å². The Kier molecular flexibility index (Phi) is 9.29. The first-order valence-corrected chi connectivity index (χ1v) is 12.3. The summed E-state index contributed by atoms with van der Waals surface area (Å²) in [6.45, 7) is 7.73. The van der Waals surface area contributed by atoms with Crippen LogP contribution >= 0.6 is 0 Å². The predicted molar refractivity (Wildman–Crippen MR) is 151 cm³/mol. The Bertz CT molecular complexity index is 1400. The fraction of sp³-hybridized carbons (Fsp3) is 0.0909. The zero-order valence-electron chi connectivity index (χ0n) is 21.4. The van der Waals surface area contributed by atoms with Gasteiger partial charge in [-0.15, -0.1) is 0 Å². The van der Waals surface area contributed by atoms with Gasteiger partial charge in [0.2, 0.25) is 6.79 Å². The lowest BCUT2D eigenvalue weighted by Crippen LogP contribution is -2.10. The van der Waals surface area contributed by atoms with Gasteiger partial charge in [0.25, 0.3) is 0 Å². The highest BCUT2D eigenvalue weighted by Crippen LogP contribution is 2.18. The Morgan fingerprint density at radius 2 is 1.05 bits per heavy atom. The van der Waals surface area contributed by atoms with Gasteiger partial charge in [-0.25, -0.2) is 9.59 Å². The van der Waals surface area contributed by atoms with Gasteiger partial charge in [0.15, 0.2) is 0 Å². The second-order valence-corrected chi connectivity index (χ2v) is 8.45. The first-order valence-electron chi connectivity index (χ1n) is 12.3. The molecule has 0 radical (unpaired) electrons. The van der Waals surface area contributed by atoms with Crippen molar-refractivity contribution in [1.82, 2.24) is 0 Å². The summed E-state index contributed by atoms with van der Waals surface area (Å²) in [5, 5.41) is 0. The van der Waals surface area contributed by atoms with Crippen molar-refractivity contribution in [3.8, 4) is 17.2 Å². The highest BCUT2D eigenvalue weighted by atomic mass is 16.7. The fourth-order valence-electron chi connectivity index (χ4n) is 3.54. The molecule has 0 unspecified atom stereocenters. The van der Waals surface area contributed by atoms with Gasteiger partial charge in [0, 0.05) is 6.42 Å². The molecule has 0 amide bonds. The third-order valence-electron chi connectivity index (χ3n) is 5.80. The monoisotopic (exact) mass is 520 g/mol. The number of benzene rings is 4. The van der Waals surface area contributed by atoms with Crippen LogP contribution in [0.4, 0.5) is 0 Å². The number of carbonyl (C=O) groups excluding carboxylic acids is 2. The molecule has 196 valence electrons. The summed E-state index contributed by atoms with van der Waals surface area (Å²) in [6, 6.07) is 28.2. The molecule has 0 aliphatic carbocycles. The summed E-state index contributed by atoms with van der Waals surface area (Å²) < 4.78 is 22.0. The minimum absolute atomic E-state index is 0.0885. The SMILES string of the molecule is C=Cc1ccc(OCOc2ccc(CCOC(=O)c3ccc(OC(=O)c4ccc(C=C)cc4)cc3)cc2)cc1. The van der Waals surface area contributed by atoms with Crippen molar-refractivity contribution < 1.29 is 28.5 Å². The van der Waals surface area contributed by atoms with Gasteiger partial charge >= 0.3 is 11.9 Å². The van der Waals surface area contributed by atoms with Crippen molar-refractivity contribution in [2.24, 2.45) is 0 Å². The molecule has 4 rings (SSSR count). The van der Waals surface area contributed by atoms with Crippen LogP contribution in [0.2, 0.25) is 0 Å². The molecule has 0 bridgehead atoms. The predicted octanol–water partition coefficient (Wildman–Crippen LogP) is 7.01. The highest BCUT2D eigenvalue weighted by molar-refractivity contribution is 5.92. The molecule has 0 fully saturated rings. The maximum Gasteiger partial charge on any atom is 0.343 e. The first kappa shape index (κ1) is 26.9. The minimum Gasteiger partial charge on any atom is -0.462 e. The smallest absolute Gasteiger partial charge is 0.343 e. The summed E-state index contributed by atoms with van der Waals surface area (Å²) in [5.41, 5.74) is 3.72. The van der Waals surface area contributed by atoms with Crippen LogP contribution < -0.4 is 14.2 Å². The van der Waals surface area contributed by atoms with Crippen molar-refractivity contribution in [2.45, 2.75) is 6.42 Å². The average molecular weight is 521 g/mol. The van der Waals surface area contributed by atoms with Crippen LogP contribution in [0.1, 0.15) is 37.4 Å². The molecule has 6 nitrogen and oxygen atoms in total. The van der Waals surface area contributed by atoms with Gasteiger partial charge in [-0.1, -0.05) is 61.7 Å². The lowest BCUT2D eigenvalue weighted by molar-refractivity contribution is 0.0509. The van der Waals surface area contributed by atoms with E-state index < -0.39 is 11.9 Å². The second-order valence-electron chi connectivity index (χ2n) is 8.45. The van der Waals surface area contributed by atoms with Crippen LogP contribution in [0.3, 0.4) is 0 Å². The summed E-state index contributed by atoms with van der Waals surface area (Å²) in [6.07, 6.45) is 4.02. The zero-order valence-corrected chi connectivity index (χ0v) is 21.4. The van der Waals surface area contributed by atoms with E-state index in [0.717, 1.165) is 16.7 Å². The highest BCUT2D eigenvalue weighted by Gasteiger charge is 2.11. The Morgan fingerprint density at radius 1 is 0.590 bits per heavy atom. The van der Waals surface area contributed by atoms with Crippen molar-refractivity contribution in [2.75, 3.05) is 13.4 Å². The fourth-order valence-corrected chi connectivity index (χ4v) is 3.54. The van der Waals surface area contributed by atoms with Crippen molar-refractivity contribution in [1.29, 1.82) is 0 Å². The van der Waals surface area contributed by atoms with Crippen LogP contribution in [0.25, 0.3) is 12.2 Å². The zero-order chi connectivity index (χ0) is 27.5. The lowest BCUT2D eigenvalue weighted by Gasteiger charge is -2.10. The standard InChI is InChI=1S/C33H28O6/c1-3-24-5-11-28(12-6-24)33(35)39-31-19-13-27(14-20-31)32(34)36-22-21-26-9-17-30(18-10-26)38-23-37-29-15-7-25(4-2)8-16-29/h3-20H,1-2,21-23H2. The summed E-state index contributed by atoms with van der Waals surface area (Å²) in [5.74, 6) is 0.787. The molecule has 0 saturated heterocycles. The van der Waals surface area contributed by atoms with Gasteiger partial charge < -0.3 is 18.9 Å². The van der Waals surface area contributed by atoms with E-state index >= 15 is 0 Å². The average Bonchev–Trinajstić information content (AvgIpc) is 2.98. The molecule has 6 heteroatoms. The number of ether oxygens (including phenoxy) is 4. The molecule has 0 aliphatic rings. The molecular weight excluding hydrogens is 492 g/mol. The first-order chi connectivity index (χ1) is 19.0. The van der Waals surface area contributed by atoms with Gasteiger partial charge in [0.05, 0.1) is 17.7 Å². The second kappa shape index (κ2) is 13.4. The number of hydrogen-bond donors (Lipinski definition) is 0. The molecular formula is C33H28O6. The summed E-state index contributed by atoms with van der Waals surface area (Å²) >= 11 is 0. The molecule has 0 spiro atoms. The van der Waals surface area contributed by atoms with E-state index in [4.69, 9.17) is 18.9 Å². The van der Waals surface area contributed by atoms with E-state index in [1.165, 1.54) is 0 Å². The minimum atomic E-state index is -0.483. The number of hydrogen-bond acceptors (Lipinski definition) is 6. The number of esters is 2. The van der Waals surface area contributed by atoms with Gasteiger partial charge in [-0.2, -0.15) is 0 Å². The maximum atomic E-state index is 12.4. The van der Waals surface area contributed by atoms with E-state index in [0.29, 0.717) is 34.8 Å². The third-order valence-corrected chi connectivity index (χ3v) is 5.80. The molecule has 4 aromatic rings. The molecule has 0 atom stereocenters.